The van der Waals surface area contributed by atoms with Crippen LogP contribution in [0.2, 0.25) is 5.02 Å². The average molecular weight is 359 g/mol. The Labute approximate surface area is 127 Å². The molecule has 8 heteroatoms. The quantitative estimate of drug-likeness (QED) is 0.672. The maximum atomic E-state index is 12.1. The van der Waals surface area contributed by atoms with Gasteiger partial charge < -0.3 is 9.88 Å². The third-order valence-electron chi connectivity index (χ3n) is 2.61. The largest absolute Gasteiger partial charge is 0.340 e. The third kappa shape index (κ3) is 3.00. The average Bonchev–Trinajstić information content (AvgIpc) is 2.75. The molecule has 1 aromatic carbocycles. The monoisotopic (exact) mass is 357 g/mol. The lowest BCUT2D eigenvalue weighted by atomic mass is 10.3. The van der Waals surface area contributed by atoms with Crippen LogP contribution in [-0.2, 0) is 7.05 Å². The third-order valence-corrected chi connectivity index (χ3v) is 3.50. The molecule has 1 heterocycles. The zero-order chi connectivity index (χ0) is 14.9. The number of nitrogens with zero attached hydrogens (tertiary/aromatic N) is 2. The van der Waals surface area contributed by atoms with Gasteiger partial charge in [0.15, 0.2) is 0 Å². The van der Waals surface area contributed by atoms with Crippen molar-refractivity contribution in [3.63, 3.8) is 0 Å². The van der Waals surface area contributed by atoms with Crippen LogP contribution in [0.5, 0.6) is 0 Å². The topological polar surface area (TPSA) is 77.2 Å². The van der Waals surface area contributed by atoms with Gasteiger partial charge in [0, 0.05) is 22.6 Å². The van der Waals surface area contributed by atoms with Crippen LogP contribution in [0.3, 0.4) is 0 Å². The Balaban J connectivity index is 2.26. The van der Waals surface area contributed by atoms with Gasteiger partial charge in [0.2, 0.25) is 0 Å². The van der Waals surface area contributed by atoms with Crippen molar-refractivity contribution in [1.82, 2.24) is 4.57 Å². The zero-order valence-corrected chi connectivity index (χ0v) is 12.6. The fourth-order valence-corrected chi connectivity index (χ4v) is 2.43. The van der Waals surface area contributed by atoms with E-state index < -0.39 is 10.8 Å². The molecule has 0 saturated heterocycles. The molecule has 0 bridgehead atoms. The zero-order valence-electron chi connectivity index (χ0n) is 10.3. The van der Waals surface area contributed by atoms with Crippen LogP contribution in [0.1, 0.15) is 10.5 Å². The van der Waals surface area contributed by atoms with Crippen LogP contribution in [0.4, 0.5) is 11.4 Å². The molecule has 6 nitrogen and oxygen atoms in total. The molecule has 0 aliphatic rings. The number of hydrogen-bond donors (Lipinski definition) is 1. The molecule has 0 aliphatic carbocycles. The second kappa shape index (κ2) is 5.64. The molecule has 0 atom stereocenters. The van der Waals surface area contributed by atoms with Crippen molar-refractivity contribution in [1.29, 1.82) is 0 Å². The summed E-state index contributed by atoms with van der Waals surface area (Å²) in [4.78, 5) is 22.2. The highest BCUT2D eigenvalue weighted by Gasteiger charge is 2.18. The van der Waals surface area contributed by atoms with E-state index in [2.05, 4.69) is 21.2 Å². The van der Waals surface area contributed by atoms with E-state index in [1.54, 1.807) is 25.2 Å². The summed E-state index contributed by atoms with van der Waals surface area (Å²) in [6, 6.07) is 6.14. The number of aromatic nitrogens is 1. The Morgan fingerprint density at radius 2 is 2.15 bits per heavy atom. The molecule has 2 rings (SSSR count). The second-order valence-electron chi connectivity index (χ2n) is 4.03. The molecule has 0 radical (unpaired) electrons. The summed E-state index contributed by atoms with van der Waals surface area (Å²) in [5, 5.41) is 13.9. The second-order valence-corrected chi connectivity index (χ2v) is 5.32. The van der Waals surface area contributed by atoms with Gasteiger partial charge in [-0.05, 0) is 34.1 Å². The smallest absolute Gasteiger partial charge is 0.287 e. The molecule has 1 amide bonds. The minimum absolute atomic E-state index is 0.132. The first kappa shape index (κ1) is 14.5. The van der Waals surface area contributed by atoms with E-state index in [0.717, 1.165) is 0 Å². The van der Waals surface area contributed by atoms with Gasteiger partial charge >= 0.3 is 0 Å². The Morgan fingerprint density at radius 3 is 2.70 bits per heavy atom. The highest BCUT2D eigenvalue weighted by molar-refractivity contribution is 9.10. The van der Waals surface area contributed by atoms with Gasteiger partial charge in [-0.25, -0.2) is 0 Å². The van der Waals surface area contributed by atoms with Crippen molar-refractivity contribution in [3.05, 3.63) is 55.8 Å². The standard InChI is InChI=1S/C12H9BrClN3O3/c1-16-6-8(17(19)20)5-11(16)12(18)15-10-3-2-7(14)4-9(10)13/h2-6H,1H3,(H,15,18). The molecule has 0 unspecified atom stereocenters. The SMILES string of the molecule is Cn1cc([N+](=O)[O-])cc1C(=O)Nc1ccc(Cl)cc1Br. The van der Waals surface area contributed by atoms with Crippen molar-refractivity contribution in [2.24, 2.45) is 7.05 Å². The summed E-state index contributed by atoms with van der Waals surface area (Å²) in [7, 11) is 1.57. The predicted octanol–water partition coefficient (Wildman–Crippen LogP) is 3.60. The maximum Gasteiger partial charge on any atom is 0.287 e. The molecule has 2 aromatic rings. The number of amides is 1. The van der Waals surface area contributed by atoms with Crippen molar-refractivity contribution < 1.29 is 9.72 Å². The van der Waals surface area contributed by atoms with Gasteiger partial charge in [0.05, 0.1) is 16.8 Å². The maximum absolute atomic E-state index is 12.1. The van der Waals surface area contributed by atoms with E-state index in [4.69, 9.17) is 11.6 Å². The van der Waals surface area contributed by atoms with Crippen LogP contribution in [-0.4, -0.2) is 15.4 Å². The molecule has 0 saturated carbocycles. The molecule has 0 aliphatic heterocycles. The van der Waals surface area contributed by atoms with E-state index in [-0.39, 0.29) is 11.4 Å². The van der Waals surface area contributed by atoms with E-state index >= 15 is 0 Å². The Kier molecular flexibility index (Phi) is 4.10. The van der Waals surface area contributed by atoms with Gasteiger partial charge in [-0.15, -0.1) is 0 Å². The normalized spacial score (nSPS) is 10.3. The number of benzene rings is 1. The first-order valence-electron chi connectivity index (χ1n) is 5.45. The lowest BCUT2D eigenvalue weighted by Gasteiger charge is -2.07. The number of nitro groups is 1. The van der Waals surface area contributed by atoms with Crippen LogP contribution < -0.4 is 5.32 Å². The highest BCUT2D eigenvalue weighted by atomic mass is 79.9. The van der Waals surface area contributed by atoms with E-state index in [0.29, 0.717) is 15.2 Å². The number of carbonyl (C=O) groups excluding carboxylic acids is 1. The molecule has 0 fully saturated rings. The Hall–Kier alpha value is -1.86. The minimum atomic E-state index is -0.547. The summed E-state index contributed by atoms with van der Waals surface area (Å²) in [6.07, 6.45) is 1.28. The first-order chi connectivity index (χ1) is 9.38. The highest BCUT2D eigenvalue weighted by Crippen LogP contribution is 2.26. The lowest BCUT2D eigenvalue weighted by Crippen LogP contribution is -2.15. The Morgan fingerprint density at radius 1 is 1.45 bits per heavy atom. The minimum Gasteiger partial charge on any atom is -0.340 e. The molecule has 1 N–H and O–H groups in total. The number of halogens is 2. The van der Waals surface area contributed by atoms with E-state index in [1.165, 1.54) is 16.8 Å². The van der Waals surface area contributed by atoms with Crippen LogP contribution in [0.25, 0.3) is 0 Å². The van der Waals surface area contributed by atoms with Crippen molar-refractivity contribution in [2.75, 3.05) is 5.32 Å². The summed E-state index contributed by atoms with van der Waals surface area (Å²) < 4.78 is 2.03. The van der Waals surface area contributed by atoms with Crippen LogP contribution in [0, 0.1) is 10.1 Å². The van der Waals surface area contributed by atoms with Gasteiger partial charge in [-0.1, -0.05) is 11.6 Å². The molecule has 104 valence electrons. The molecule has 20 heavy (non-hydrogen) atoms. The number of anilines is 1. The molecule has 0 spiro atoms. The van der Waals surface area contributed by atoms with E-state index in [9.17, 15) is 14.9 Å². The number of nitrogens with one attached hydrogen (secondary N) is 1. The van der Waals surface area contributed by atoms with Crippen LogP contribution in [0.15, 0.2) is 34.9 Å². The van der Waals surface area contributed by atoms with Crippen molar-refractivity contribution >= 4 is 44.8 Å². The first-order valence-corrected chi connectivity index (χ1v) is 6.62. The number of aryl methyl sites for hydroxylation is 1. The Bertz CT molecular complexity index is 699. The van der Waals surface area contributed by atoms with Crippen LogP contribution >= 0.6 is 27.5 Å². The lowest BCUT2D eigenvalue weighted by molar-refractivity contribution is -0.384. The van der Waals surface area contributed by atoms with Crippen molar-refractivity contribution in [2.45, 2.75) is 0 Å². The fraction of sp³-hybridized carbons (Fsp3) is 0.0833. The predicted molar refractivity (Wildman–Crippen MR) is 79.2 cm³/mol. The molecular weight excluding hydrogens is 350 g/mol. The number of carbonyl (C=O) groups is 1. The van der Waals surface area contributed by atoms with Gasteiger partial charge in [0.1, 0.15) is 5.69 Å². The summed E-state index contributed by atoms with van der Waals surface area (Å²) in [5.41, 5.74) is 0.592. The molecular formula is C12H9BrClN3O3. The van der Waals surface area contributed by atoms with E-state index in [1.807, 2.05) is 0 Å². The van der Waals surface area contributed by atoms with Gasteiger partial charge in [0.25, 0.3) is 11.6 Å². The summed E-state index contributed by atoms with van der Waals surface area (Å²) >= 11 is 9.09. The summed E-state index contributed by atoms with van der Waals surface area (Å²) in [6.45, 7) is 0. The van der Waals surface area contributed by atoms with Gasteiger partial charge in [-0.2, -0.15) is 0 Å². The van der Waals surface area contributed by atoms with Crippen molar-refractivity contribution in [3.8, 4) is 0 Å². The van der Waals surface area contributed by atoms with Gasteiger partial charge in [-0.3, -0.25) is 14.9 Å². The molecule has 1 aromatic heterocycles. The summed E-state index contributed by atoms with van der Waals surface area (Å²) in [5.74, 6) is -0.441. The number of rotatable bonds is 3. The fourth-order valence-electron chi connectivity index (χ4n) is 1.65. The number of hydrogen-bond acceptors (Lipinski definition) is 3.